The van der Waals surface area contributed by atoms with E-state index < -0.39 is 6.10 Å². The number of hydrogen-bond donors (Lipinski definition) is 3. The maximum Gasteiger partial charge on any atom is 0.315 e. The number of urea groups is 1. The summed E-state index contributed by atoms with van der Waals surface area (Å²) in [5.74, 6) is 0. The van der Waals surface area contributed by atoms with Crippen LogP contribution in [0.25, 0.3) is 0 Å². The summed E-state index contributed by atoms with van der Waals surface area (Å²) in [6.07, 6.45) is 3.01. The molecule has 1 aromatic carbocycles. The molecule has 1 aliphatic rings. The molecule has 2 aromatic rings. The first-order valence-corrected chi connectivity index (χ1v) is 8.77. The summed E-state index contributed by atoms with van der Waals surface area (Å²) in [4.78, 5) is 14.4. The second kappa shape index (κ2) is 8.07. The van der Waals surface area contributed by atoms with E-state index in [2.05, 4.69) is 27.7 Å². The number of carbonyl (C=O) groups is 1. The van der Waals surface area contributed by atoms with Gasteiger partial charge in [0.2, 0.25) is 0 Å². The summed E-state index contributed by atoms with van der Waals surface area (Å²) in [6, 6.07) is 14.0. The molecule has 134 valence electrons. The Morgan fingerprint density at radius 2 is 1.92 bits per heavy atom. The second-order valence-electron chi connectivity index (χ2n) is 6.51. The van der Waals surface area contributed by atoms with Crippen LogP contribution in [0.5, 0.6) is 0 Å². The van der Waals surface area contributed by atoms with Gasteiger partial charge in [-0.05, 0) is 37.1 Å². The molecule has 0 saturated carbocycles. The predicted octanol–water partition coefficient (Wildman–Crippen LogP) is 2.03. The van der Waals surface area contributed by atoms with Crippen molar-refractivity contribution in [2.75, 3.05) is 24.5 Å². The summed E-state index contributed by atoms with van der Waals surface area (Å²) in [5, 5.41) is 15.9. The first-order chi connectivity index (χ1) is 12.1. The molecule has 2 amide bonds. The lowest BCUT2D eigenvalue weighted by Crippen LogP contribution is -2.48. The number of nitrogens with zero attached hydrogens (tertiary/aromatic N) is 2. The van der Waals surface area contributed by atoms with E-state index in [1.54, 1.807) is 0 Å². The zero-order valence-electron chi connectivity index (χ0n) is 14.6. The van der Waals surface area contributed by atoms with Crippen LogP contribution in [0, 0.1) is 0 Å². The maximum atomic E-state index is 12.1. The molecule has 0 aliphatic carbocycles. The average Bonchev–Trinajstić information content (AvgIpc) is 3.07. The molecule has 1 atom stereocenters. The molecule has 1 aromatic heterocycles. The van der Waals surface area contributed by atoms with Gasteiger partial charge in [-0.15, -0.1) is 0 Å². The highest BCUT2D eigenvalue weighted by Crippen LogP contribution is 2.19. The van der Waals surface area contributed by atoms with Crippen LogP contribution in [0.3, 0.4) is 0 Å². The minimum absolute atomic E-state index is 0.173. The molecule has 1 fully saturated rings. The molecular weight excluding hydrogens is 316 g/mol. The first-order valence-electron chi connectivity index (χ1n) is 8.77. The quantitative estimate of drug-likeness (QED) is 0.779. The fraction of sp³-hybridized carbons (Fsp3) is 0.421. The van der Waals surface area contributed by atoms with E-state index in [0.717, 1.165) is 31.6 Å². The standard InChI is InChI=1S/C19H26N4O2/c1-22-11-5-8-17(22)18(24)14-20-19(25)21-15-9-12-23(13-10-15)16-6-3-2-4-7-16/h2-8,11,15,18,24H,9-10,12-14H2,1H3,(H2,20,21,25). The smallest absolute Gasteiger partial charge is 0.315 e. The lowest BCUT2D eigenvalue weighted by Gasteiger charge is -2.34. The number of amides is 2. The molecule has 3 rings (SSSR count). The van der Waals surface area contributed by atoms with Gasteiger partial charge in [-0.3, -0.25) is 0 Å². The van der Waals surface area contributed by atoms with E-state index in [1.165, 1.54) is 5.69 Å². The molecule has 2 heterocycles. The Labute approximate surface area is 148 Å². The monoisotopic (exact) mass is 342 g/mol. The Balaban J connectivity index is 1.40. The van der Waals surface area contributed by atoms with Crippen LogP contribution in [0.15, 0.2) is 48.7 Å². The lowest BCUT2D eigenvalue weighted by molar-refractivity contribution is 0.165. The van der Waals surface area contributed by atoms with Crippen molar-refractivity contribution in [3.8, 4) is 0 Å². The van der Waals surface area contributed by atoms with Crippen molar-refractivity contribution < 1.29 is 9.90 Å². The van der Waals surface area contributed by atoms with Crippen molar-refractivity contribution in [1.82, 2.24) is 15.2 Å². The third-order valence-electron chi connectivity index (χ3n) is 4.73. The summed E-state index contributed by atoms with van der Waals surface area (Å²) in [6.45, 7) is 2.06. The van der Waals surface area contributed by atoms with E-state index in [4.69, 9.17) is 0 Å². The molecule has 1 aliphatic heterocycles. The number of aliphatic hydroxyl groups is 1. The fourth-order valence-electron chi connectivity index (χ4n) is 3.27. The van der Waals surface area contributed by atoms with Crippen molar-refractivity contribution in [2.45, 2.75) is 25.0 Å². The van der Waals surface area contributed by atoms with Crippen LogP contribution in [0.4, 0.5) is 10.5 Å². The highest BCUT2D eigenvalue weighted by Gasteiger charge is 2.21. The number of hydrogen-bond acceptors (Lipinski definition) is 3. The molecule has 6 nitrogen and oxygen atoms in total. The van der Waals surface area contributed by atoms with Crippen LogP contribution in [-0.2, 0) is 7.05 Å². The van der Waals surface area contributed by atoms with E-state index in [9.17, 15) is 9.90 Å². The second-order valence-corrected chi connectivity index (χ2v) is 6.51. The number of aromatic nitrogens is 1. The lowest BCUT2D eigenvalue weighted by atomic mass is 10.0. The van der Waals surface area contributed by atoms with Crippen molar-refractivity contribution >= 4 is 11.7 Å². The number of nitrogens with one attached hydrogen (secondary N) is 2. The first kappa shape index (κ1) is 17.4. The topological polar surface area (TPSA) is 69.5 Å². The Bertz CT molecular complexity index is 678. The molecular formula is C19H26N4O2. The molecule has 1 saturated heterocycles. The predicted molar refractivity (Wildman–Crippen MR) is 98.6 cm³/mol. The molecule has 0 radical (unpaired) electrons. The summed E-state index contributed by atoms with van der Waals surface area (Å²) < 4.78 is 1.85. The zero-order valence-corrected chi connectivity index (χ0v) is 14.6. The van der Waals surface area contributed by atoms with E-state index in [-0.39, 0.29) is 18.6 Å². The normalized spacial score (nSPS) is 16.5. The zero-order chi connectivity index (χ0) is 17.6. The molecule has 6 heteroatoms. The minimum Gasteiger partial charge on any atom is -0.385 e. The Morgan fingerprint density at radius 3 is 2.56 bits per heavy atom. The highest BCUT2D eigenvalue weighted by atomic mass is 16.3. The Hall–Kier alpha value is -2.47. The van der Waals surface area contributed by atoms with E-state index in [0.29, 0.717) is 0 Å². The number of para-hydroxylation sites is 1. The van der Waals surface area contributed by atoms with Gasteiger partial charge in [-0.25, -0.2) is 4.79 Å². The summed E-state index contributed by atoms with van der Waals surface area (Å²) in [7, 11) is 1.87. The number of benzene rings is 1. The highest BCUT2D eigenvalue weighted by molar-refractivity contribution is 5.74. The Morgan fingerprint density at radius 1 is 1.20 bits per heavy atom. The molecule has 1 unspecified atom stereocenters. The van der Waals surface area contributed by atoms with Gasteiger partial charge in [-0.1, -0.05) is 18.2 Å². The molecule has 0 spiro atoms. The van der Waals surface area contributed by atoms with Crippen molar-refractivity contribution in [1.29, 1.82) is 0 Å². The minimum atomic E-state index is -0.703. The molecule has 0 bridgehead atoms. The van der Waals surface area contributed by atoms with Crippen LogP contribution < -0.4 is 15.5 Å². The van der Waals surface area contributed by atoms with Gasteiger partial charge >= 0.3 is 6.03 Å². The number of aliphatic hydroxyl groups excluding tert-OH is 1. The molecule has 3 N–H and O–H groups in total. The number of aryl methyl sites for hydroxylation is 1. The van der Waals surface area contributed by atoms with E-state index in [1.807, 2.05) is 48.1 Å². The third kappa shape index (κ3) is 4.54. The van der Waals surface area contributed by atoms with Gasteiger partial charge in [0, 0.05) is 43.8 Å². The SMILES string of the molecule is Cn1cccc1C(O)CNC(=O)NC1CCN(c2ccccc2)CC1. The van der Waals surface area contributed by atoms with Gasteiger partial charge in [0.25, 0.3) is 0 Å². The summed E-state index contributed by atoms with van der Waals surface area (Å²) >= 11 is 0. The van der Waals surface area contributed by atoms with Gasteiger partial charge in [0.1, 0.15) is 6.10 Å². The summed E-state index contributed by atoms with van der Waals surface area (Å²) in [5.41, 5.74) is 2.02. The van der Waals surface area contributed by atoms with E-state index >= 15 is 0 Å². The largest absolute Gasteiger partial charge is 0.385 e. The van der Waals surface area contributed by atoms with Crippen LogP contribution in [0.2, 0.25) is 0 Å². The number of piperidine rings is 1. The number of anilines is 1. The fourth-order valence-corrected chi connectivity index (χ4v) is 3.27. The van der Waals surface area contributed by atoms with Crippen molar-refractivity contribution in [2.24, 2.45) is 7.05 Å². The average molecular weight is 342 g/mol. The van der Waals surface area contributed by atoms with Crippen LogP contribution in [0.1, 0.15) is 24.6 Å². The maximum absolute atomic E-state index is 12.1. The van der Waals surface area contributed by atoms with Crippen LogP contribution in [-0.4, -0.2) is 41.4 Å². The molecule has 25 heavy (non-hydrogen) atoms. The third-order valence-corrected chi connectivity index (χ3v) is 4.73. The number of rotatable bonds is 5. The van der Waals surface area contributed by atoms with Gasteiger partial charge < -0.3 is 25.2 Å². The number of carbonyl (C=O) groups excluding carboxylic acids is 1. The van der Waals surface area contributed by atoms with Crippen LogP contribution >= 0.6 is 0 Å². The Kier molecular flexibility index (Phi) is 5.60. The van der Waals surface area contributed by atoms with Gasteiger partial charge in [0.15, 0.2) is 0 Å². The van der Waals surface area contributed by atoms with Crippen molar-refractivity contribution in [3.63, 3.8) is 0 Å². The van der Waals surface area contributed by atoms with Gasteiger partial charge in [-0.2, -0.15) is 0 Å². The van der Waals surface area contributed by atoms with Gasteiger partial charge in [0.05, 0.1) is 6.54 Å². The van der Waals surface area contributed by atoms with Crippen molar-refractivity contribution in [3.05, 3.63) is 54.4 Å².